The van der Waals surface area contributed by atoms with Gasteiger partial charge in [-0.05, 0) is 57.4 Å². The van der Waals surface area contributed by atoms with Crippen LogP contribution in [0.25, 0.3) is 0 Å². The summed E-state index contributed by atoms with van der Waals surface area (Å²) in [5.74, 6) is -1.02. The van der Waals surface area contributed by atoms with Crippen LogP contribution in [0.4, 0.5) is 4.39 Å². The van der Waals surface area contributed by atoms with Crippen LogP contribution in [0.15, 0.2) is 36.4 Å². The molecule has 1 atom stereocenters. The largest absolute Gasteiger partial charge is 0.496 e. The van der Waals surface area contributed by atoms with E-state index >= 15 is 0 Å². The van der Waals surface area contributed by atoms with E-state index in [1.54, 1.807) is 0 Å². The third kappa shape index (κ3) is 3.54. The molecule has 1 unspecified atom stereocenters. The summed E-state index contributed by atoms with van der Waals surface area (Å²) in [5, 5.41) is 2.76. The number of nitrogens with one attached hydrogen (secondary N) is 1. The van der Waals surface area contributed by atoms with Crippen LogP contribution in [0.1, 0.15) is 53.8 Å². The summed E-state index contributed by atoms with van der Waals surface area (Å²) < 4.78 is 58.4. The van der Waals surface area contributed by atoms with E-state index in [4.69, 9.17) is 22.9 Å². The van der Waals surface area contributed by atoms with Crippen molar-refractivity contribution in [2.24, 2.45) is 0 Å². The normalized spacial score (nSPS) is 23.0. The maximum absolute atomic E-state index is 13.8. The highest BCUT2D eigenvalue weighted by Crippen LogP contribution is 2.38. The highest BCUT2D eigenvalue weighted by Gasteiger charge is 2.52. The third-order valence-corrected chi connectivity index (χ3v) is 5.95. The average Bonchev–Trinajstić information content (AvgIpc) is 3.18. The zero-order valence-corrected chi connectivity index (χ0v) is 17.2. The summed E-state index contributed by atoms with van der Waals surface area (Å²) in [4.78, 5) is 12.9. The molecule has 1 saturated heterocycles. The molecule has 0 saturated carbocycles. The van der Waals surface area contributed by atoms with Crippen molar-refractivity contribution in [2.75, 3.05) is 13.6 Å². The third-order valence-electron chi connectivity index (χ3n) is 5.95. The Morgan fingerprint density at radius 2 is 1.93 bits per heavy atom. The fourth-order valence-electron chi connectivity index (χ4n) is 3.48. The van der Waals surface area contributed by atoms with Gasteiger partial charge in [-0.25, -0.2) is 4.39 Å². The van der Waals surface area contributed by atoms with Crippen molar-refractivity contribution in [1.29, 1.82) is 0 Å². The van der Waals surface area contributed by atoms with E-state index in [1.807, 2.05) is 45.9 Å². The molecular formula is C22H25BFNO5. The molecule has 0 aromatic heterocycles. The first-order valence-corrected chi connectivity index (χ1v) is 9.67. The van der Waals surface area contributed by atoms with Gasteiger partial charge in [0, 0.05) is 5.56 Å². The molecule has 1 amide bonds. The minimum Gasteiger partial charge on any atom is -0.496 e. The van der Waals surface area contributed by atoms with Crippen molar-refractivity contribution in [1.82, 2.24) is 5.32 Å². The average molecular weight is 416 g/mol. The maximum atomic E-state index is 13.8. The lowest BCUT2D eigenvalue weighted by Crippen LogP contribution is -2.41. The fraction of sp³-hybridized carbons (Fsp3) is 0.409. The van der Waals surface area contributed by atoms with Crippen molar-refractivity contribution in [3.05, 3.63) is 53.3 Å². The molecule has 2 aliphatic rings. The molecule has 0 bridgehead atoms. The molecule has 2 aromatic rings. The second-order valence-corrected chi connectivity index (χ2v) is 8.47. The number of rotatable bonds is 4. The van der Waals surface area contributed by atoms with E-state index in [-0.39, 0.29) is 17.9 Å². The van der Waals surface area contributed by atoms with Crippen LogP contribution in [-0.2, 0) is 9.31 Å². The van der Waals surface area contributed by atoms with E-state index in [2.05, 4.69) is 5.32 Å². The molecule has 2 aliphatic heterocycles. The lowest BCUT2D eigenvalue weighted by molar-refractivity contribution is 0.00578. The van der Waals surface area contributed by atoms with Gasteiger partial charge in [0.15, 0.2) is 0 Å². The molecule has 30 heavy (non-hydrogen) atoms. The number of ether oxygens (including phenoxy) is 2. The number of benzene rings is 2. The highest BCUT2D eigenvalue weighted by atomic mass is 19.1. The number of carbonyl (C=O) groups is 1. The summed E-state index contributed by atoms with van der Waals surface area (Å²) in [6, 6.07) is 8.06. The Hall–Kier alpha value is -2.58. The van der Waals surface area contributed by atoms with Gasteiger partial charge >= 0.3 is 7.12 Å². The Morgan fingerprint density at radius 1 is 1.20 bits per heavy atom. The van der Waals surface area contributed by atoms with Gasteiger partial charge in [-0.15, -0.1) is 0 Å². The number of hydrogen-bond donors (Lipinski definition) is 1. The summed E-state index contributed by atoms with van der Waals surface area (Å²) in [6.07, 6.45) is 0. The van der Waals surface area contributed by atoms with Gasteiger partial charge in [0.25, 0.3) is 5.91 Å². The Kier molecular flexibility index (Phi) is 4.16. The van der Waals surface area contributed by atoms with Crippen LogP contribution in [-0.4, -0.2) is 37.9 Å². The summed E-state index contributed by atoms with van der Waals surface area (Å²) >= 11 is 0. The molecule has 6 nitrogen and oxygen atoms in total. The number of hydrogen-bond acceptors (Lipinski definition) is 5. The quantitative estimate of drug-likeness (QED) is 0.777. The van der Waals surface area contributed by atoms with Gasteiger partial charge in [-0.1, -0.05) is 12.1 Å². The summed E-state index contributed by atoms with van der Waals surface area (Å²) in [5.41, 5.74) is 0.353. The van der Waals surface area contributed by atoms with E-state index in [0.717, 1.165) is 29.2 Å². The summed E-state index contributed by atoms with van der Waals surface area (Å²) in [6.45, 7) is 8.05. The first-order valence-electron chi connectivity index (χ1n) is 11.2. The fourth-order valence-corrected chi connectivity index (χ4v) is 3.48. The molecule has 0 spiro atoms. The van der Waals surface area contributed by atoms with Crippen LogP contribution in [0.2, 0.25) is 0 Å². The lowest BCUT2D eigenvalue weighted by atomic mass is 9.78. The zero-order valence-electron chi connectivity index (χ0n) is 20.2. The van der Waals surface area contributed by atoms with Crippen LogP contribution in [0.3, 0.4) is 0 Å². The summed E-state index contributed by atoms with van der Waals surface area (Å²) in [7, 11) is -3.33. The molecule has 0 radical (unpaired) electrons. The van der Waals surface area contributed by atoms with Gasteiger partial charge in [0.05, 0.1) is 34.0 Å². The number of fused-ring (bicyclic) bond motifs is 1. The molecule has 1 fully saturated rings. The molecular weight excluding hydrogens is 388 g/mol. The number of carbonyl (C=O) groups excluding carboxylic acids is 1. The van der Waals surface area contributed by atoms with E-state index < -0.39 is 43.1 Å². The van der Waals surface area contributed by atoms with Crippen LogP contribution >= 0.6 is 0 Å². The van der Waals surface area contributed by atoms with Gasteiger partial charge in [0.2, 0.25) is 0 Å². The topological polar surface area (TPSA) is 66.0 Å². The van der Waals surface area contributed by atoms with Crippen LogP contribution < -0.4 is 20.3 Å². The number of halogens is 1. The van der Waals surface area contributed by atoms with Crippen molar-refractivity contribution in [3.63, 3.8) is 0 Å². The van der Waals surface area contributed by atoms with Gasteiger partial charge in [0.1, 0.15) is 23.9 Å². The Bertz CT molecular complexity index is 1080. The highest BCUT2D eigenvalue weighted by molar-refractivity contribution is 6.62. The van der Waals surface area contributed by atoms with Crippen molar-refractivity contribution < 1.29 is 32.1 Å². The molecule has 2 aromatic carbocycles. The minimum absolute atomic E-state index is 0.165. The van der Waals surface area contributed by atoms with Gasteiger partial charge in [-0.3, -0.25) is 4.79 Å². The standard InChI is InChI=1S/C22H25BFNO5/c1-21(2)22(3,4)30-23(29-21)13-6-8-15-17(12-28-19(15)10-13)25-20(26)16-11-14(24)7-9-18(16)27-5/h6-11,17H,12H2,1-5H3,(H,25,26)/i5D3. The van der Waals surface area contributed by atoms with Crippen LogP contribution in [0.5, 0.6) is 11.5 Å². The predicted octanol–water partition coefficient (Wildman–Crippen LogP) is 3.00. The molecule has 1 N–H and O–H groups in total. The second-order valence-electron chi connectivity index (χ2n) is 8.47. The number of methoxy groups -OCH3 is 1. The van der Waals surface area contributed by atoms with Crippen molar-refractivity contribution in [3.8, 4) is 11.5 Å². The Morgan fingerprint density at radius 3 is 2.63 bits per heavy atom. The molecule has 4 rings (SSSR count). The smallest absolute Gasteiger partial charge is 0.494 e. The van der Waals surface area contributed by atoms with E-state index in [0.29, 0.717) is 5.75 Å². The van der Waals surface area contributed by atoms with Gasteiger partial charge < -0.3 is 24.1 Å². The first kappa shape index (κ1) is 17.1. The Labute approximate surface area is 180 Å². The molecule has 8 heteroatoms. The molecule has 158 valence electrons. The predicted molar refractivity (Wildman–Crippen MR) is 111 cm³/mol. The van der Waals surface area contributed by atoms with Crippen molar-refractivity contribution >= 4 is 18.5 Å². The first-order chi connectivity index (χ1) is 15.3. The molecule has 2 heterocycles. The SMILES string of the molecule is [2H]C([2H])([2H])Oc1ccc(F)cc1C(=O)NC1COc2cc(B3OC(C)(C)C(C)(C)O3)ccc21. The number of amides is 1. The Balaban J connectivity index is 1.52. The zero-order chi connectivity index (χ0) is 24.2. The lowest BCUT2D eigenvalue weighted by Gasteiger charge is -2.32. The van der Waals surface area contributed by atoms with E-state index in [9.17, 15) is 9.18 Å². The minimum atomic E-state index is -2.78. The monoisotopic (exact) mass is 416 g/mol. The van der Waals surface area contributed by atoms with Crippen molar-refractivity contribution in [2.45, 2.75) is 44.9 Å². The van der Waals surface area contributed by atoms with E-state index in [1.165, 1.54) is 0 Å². The van der Waals surface area contributed by atoms with Gasteiger partial charge in [-0.2, -0.15) is 0 Å². The van der Waals surface area contributed by atoms with Crippen LogP contribution in [0, 0.1) is 5.82 Å². The molecule has 0 aliphatic carbocycles. The second kappa shape index (κ2) is 7.28. The maximum Gasteiger partial charge on any atom is 0.494 e.